The molecule has 0 aliphatic carbocycles. The third kappa shape index (κ3) is 5.25. The van der Waals surface area contributed by atoms with Crippen LogP contribution in [0.1, 0.15) is 0 Å². The van der Waals surface area contributed by atoms with Gasteiger partial charge in [-0.05, 0) is 31.3 Å². The minimum Gasteiger partial charge on any atom is -0.497 e. The van der Waals surface area contributed by atoms with E-state index in [9.17, 15) is 4.79 Å². The quantitative estimate of drug-likeness (QED) is 0.889. The smallest absolute Gasteiger partial charge is 0.415 e. The van der Waals surface area contributed by atoms with E-state index in [-0.39, 0.29) is 18.5 Å². The first-order valence-corrected chi connectivity index (χ1v) is 5.39. The fourth-order valence-corrected chi connectivity index (χ4v) is 1.19. The van der Waals surface area contributed by atoms with E-state index in [4.69, 9.17) is 9.47 Å². The van der Waals surface area contributed by atoms with Gasteiger partial charge in [-0.15, -0.1) is 12.4 Å². The summed E-state index contributed by atoms with van der Waals surface area (Å²) >= 11 is 0. The van der Waals surface area contributed by atoms with Gasteiger partial charge < -0.3 is 19.7 Å². The molecule has 0 heterocycles. The molecule has 1 aromatic rings. The highest BCUT2D eigenvalue weighted by atomic mass is 35.5. The number of ether oxygens (including phenoxy) is 2. The molecule has 0 aromatic heterocycles. The second-order valence-electron chi connectivity index (χ2n) is 3.57. The normalized spacial score (nSPS) is 9.28. The molecular weight excluding hydrogens is 256 g/mol. The average molecular weight is 275 g/mol. The highest BCUT2D eigenvalue weighted by Gasteiger charge is 2.10. The molecule has 1 amide bonds. The van der Waals surface area contributed by atoms with Crippen LogP contribution < -0.4 is 14.8 Å². The van der Waals surface area contributed by atoms with Crippen LogP contribution in [0, 0.1) is 0 Å². The van der Waals surface area contributed by atoms with E-state index < -0.39 is 0 Å². The number of methoxy groups -OCH3 is 1. The summed E-state index contributed by atoms with van der Waals surface area (Å²) in [4.78, 5) is 13.1. The monoisotopic (exact) mass is 274 g/mol. The molecule has 0 saturated heterocycles. The summed E-state index contributed by atoms with van der Waals surface area (Å²) in [6.07, 6.45) is -0.370. The summed E-state index contributed by atoms with van der Waals surface area (Å²) < 4.78 is 10.2. The predicted octanol–water partition coefficient (Wildman–Crippen LogP) is 1.77. The first-order valence-electron chi connectivity index (χ1n) is 5.39. The third-order valence-electron chi connectivity index (χ3n) is 2.27. The Bertz CT molecular complexity index is 357. The Morgan fingerprint density at radius 3 is 2.33 bits per heavy atom. The second-order valence-corrected chi connectivity index (χ2v) is 3.57. The summed E-state index contributed by atoms with van der Waals surface area (Å²) in [5.41, 5.74) is 0. The third-order valence-corrected chi connectivity index (χ3v) is 2.27. The van der Waals surface area contributed by atoms with E-state index >= 15 is 0 Å². The van der Waals surface area contributed by atoms with Crippen molar-refractivity contribution in [2.45, 2.75) is 0 Å². The fraction of sp³-hybridized carbons (Fsp3) is 0.417. The van der Waals surface area contributed by atoms with Crippen molar-refractivity contribution in [3.63, 3.8) is 0 Å². The first kappa shape index (κ1) is 16.5. The molecule has 0 aliphatic heterocycles. The average Bonchev–Trinajstić information content (AvgIpc) is 2.36. The van der Waals surface area contributed by atoms with E-state index in [0.29, 0.717) is 12.3 Å². The number of amides is 1. The lowest BCUT2D eigenvalue weighted by molar-refractivity contribution is 0.163. The van der Waals surface area contributed by atoms with Crippen molar-refractivity contribution in [3.05, 3.63) is 24.3 Å². The molecular formula is C12H19ClN2O3. The topological polar surface area (TPSA) is 50.8 Å². The molecule has 5 nitrogen and oxygen atoms in total. The van der Waals surface area contributed by atoms with Gasteiger partial charge in [-0.3, -0.25) is 0 Å². The van der Waals surface area contributed by atoms with Crippen molar-refractivity contribution in [2.24, 2.45) is 0 Å². The molecule has 1 aromatic carbocycles. The van der Waals surface area contributed by atoms with Crippen LogP contribution >= 0.6 is 12.4 Å². The maximum atomic E-state index is 11.6. The maximum Gasteiger partial charge on any atom is 0.415 e. The zero-order valence-corrected chi connectivity index (χ0v) is 11.6. The number of likely N-dealkylation sites (N-methyl/N-ethyl adjacent to an activating group) is 2. The predicted molar refractivity (Wildman–Crippen MR) is 72.8 cm³/mol. The van der Waals surface area contributed by atoms with E-state index in [1.54, 1.807) is 38.4 Å². The van der Waals surface area contributed by atoms with E-state index in [2.05, 4.69) is 5.32 Å². The summed E-state index contributed by atoms with van der Waals surface area (Å²) in [7, 11) is 5.12. The lowest BCUT2D eigenvalue weighted by Gasteiger charge is -2.16. The van der Waals surface area contributed by atoms with Crippen LogP contribution in [0.5, 0.6) is 11.5 Å². The van der Waals surface area contributed by atoms with Crippen LogP contribution in [0.2, 0.25) is 0 Å². The van der Waals surface area contributed by atoms with Gasteiger partial charge in [0.05, 0.1) is 7.11 Å². The number of hydrogen-bond acceptors (Lipinski definition) is 4. The largest absolute Gasteiger partial charge is 0.497 e. The number of rotatable bonds is 5. The Balaban J connectivity index is 0.00000289. The van der Waals surface area contributed by atoms with E-state index in [0.717, 1.165) is 12.3 Å². The number of carbonyl (C=O) groups is 1. The molecule has 0 radical (unpaired) electrons. The van der Waals surface area contributed by atoms with Crippen LogP contribution in [0.25, 0.3) is 0 Å². The van der Waals surface area contributed by atoms with Gasteiger partial charge in [0.15, 0.2) is 0 Å². The van der Waals surface area contributed by atoms with Crippen molar-refractivity contribution in [3.8, 4) is 11.5 Å². The number of nitrogens with one attached hydrogen (secondary N) is 1. The number of benzene rings is 1. The van der Waals surface area contributed by atoms with Crippen molar-refractivity contribution < 1.29 is 14.3 Å². The molecule has 1 N–H and O–H groups in total. The Morgan fingerprint density at radius 1 is 1.28 bits per heavy atom. The Morgan fingerprint density at radius 2 is 1.83 bits per heavy atom. The van der Waals surface area contributed by atoms with Crippen LogP contribution in [0.3, 0.4) is 0 Å². The van der Waals surface area contributed by atoms with Gasteiger partial charge in [-0.1, -0.05) is 0 Å². The van der Waals surface area contributed by atoms with Gasteiger partial charge in [-0.2, -0.15) is 0 Å². The summed E-state index contributed by atoms with van der Waals surface area (Å²) in [5, 5.41) is 2.97. The second kappa shape index (κ2) is 8.60. The van der Waals surface area contributed by atoms with Crippen molar-refractivity contribution in [1.82, 2.24) is 10.2 Å². The molecule has 0 unspecified atom stereocenters. The highest BCUT2D eigenvalue weighted by molar-refractivity contribution is 5.85. The molecule has 18 heavy (non-hydrogen) atoms. The zero-order chi connectivity index (χ0) is 12.7. The molecule has 0 spiro atoms. The van der Waals surface area contributed by atoms with Crippen LogP contribution in [-0.4, -0.2) is 45.3 Å². The molecule has 0 bridgehead atoms. The SMILES string of the molecule is CNCCN(C)C(=O)Oc1ccc(OC)cc1.Cl. The molecule has 0 saturated carbocycles. The number of halogens is 1. The Hall–Kier alpha value is -1.46. The minimum atomic E-state index is -0.370. The van der Waals surface area contributed by atoms with Gasteiger partial charge in [0.1, 0.15) is 11.5 Å². The van der Waals surface area contributed by atoms with Crippen LogP contribution in [0.4, 0.5) is 4.79 Å². The van der Waals surface area contributed by atoms with Gasteiger partial charge in [0.2, 0.25) is 0 Å². The van der Waals surface area contributed by atoms with E-state index in [1.807, 2.05) is 7.05 Å². The Labute approximate surface area is 113 Å². The number of carbonyl (C=O) groups excluding carboxylic acids is 1. The summed E-state index contributed by atoms with van der Waals surface area (Å²) in [6, 6.07) is 6.89. The minimum absolute atomic E-state index is 0. The highest BCUT2D eigenvalue weighted by Crippen LogP contribution is 2.17. The summed E-state index contributed by atoms with van der Waals surface area (Å²) in [6.45, 7) is 1.33. The molecule has 0 aliphatic rings. The molecule has 1 rings (SSSR count). The fourth-order valence-electron chi connectivity index (χ4n) is 1.19. The zero-order valence-electron chi connectivity index (χ0n) is 10.8. The van der Waals surface area contributed by atoms with Crippen LogP contribution in [-0.2, 0) is 0 Å². The summed E-state index contributed by atoms with van der Waals surface area (Å²) in [5.74, 6) is 1.24. The van der Waals surface area contributed by atoms with Gasteiger partial charge in [0.25, 0.3) is 0 Å². The van der Waals surface area contributed by atoms with E-state index in [1.165, 1.54) is 4.90 Å². The van der Waals surface area contributed by atoms with Crippen molar-refractivity contribution in [2.75, 3.05) is 34.3 Å². The molecule has 102 valence electrons. The standard InChI is InChI=1S/C12H18N2O3.ClH/c1-13-8-9-14(2)12(15)17-11-6-4-10(16-3)5-7-11;/h4-7,13H,8-9H2,1-3H3;1H. The van der Waals surface area contributed by atoms with Crippen molar-refractivity contribution in [1.29, 1.82) is 0 Å². The molecule has 0 atom stereocenters. The van der Waals surface area contributed by atoms with Gasteiger partial charge >= 0.3 is 6.09 Å². The van der Waals surface area contributed by atoms with Crippen molar-refractivity contribution >= 4 is 18.5 Å². The number of hydrogen-bond donors (Lipinski definition) is 1. The molecule has 6 heteroatoms. The lowest BCUT2D eigenvalue weighted by atomic mass is 10.3. The number of nitrogens with zero attached hydrogens (tertiary/aromatic N) is 1. The Kier molecular flexibility index (Phi) is 7.91. The molecule has 0 fully saturated rings. The maximum absolute atomic E-state index is 11.6. The lowest BCUT2D eigenvalue weighted by Crippen LogP contribution is -2.34. The van der Waals surface area contributed by atoms with Gasteiger partial charge in [0, 0.05) is 20.1 Å². The van der Waals surface area contributed by atoms with Crippen LogP contribution in [0.15, 0.2) is 24.3 Å². The first-order chi connectivity index (χ1) is 8.17. The van der Waals surface area contributed by atoms with Gasteiger partial charge in [-0.25, -0.2) is 4.79 Å².